The molecule has 3 aliphatic heterocycles. The van der Waals surface area contributed by atoms with Gasteiger partial charge in [0.15, 0.2) is 0 Å². The third-order valence-corrected chi connectivity index (χ3v) is 7.00. The van der Waals surface area contributed by atoms with Gasteiger partial charge in [-0.3, -0.25) is 4.79 Å². The number of nitrogens with one attached hydrogen (secondary N) is 1. The second kappa shape index (κ2) is 6.80. The first-order chi connectivity index (χ1) is 14.0. The molecular formula is C23H26FN3O2. The Balaban J connectivity index is 1.31. The van der Waals surface area contributed by atoms with Crippen molar-refractivity contribution in [1.82, 2.24) is 10.3 Å². The van der Waals surface area contributed by atoms with Gasteiger partial charge in [0.05, 0.1) is 11.7 Å². The summed E-state index contributed by atoms with van der Waals surface area (Å²) in [6.07, 6.45) is 4.17. The van der Waals surface area contributed by atoms with Gasteiger partial charge >= 0.3 is 0 Å². The number of ether oxygens (including phenoxy) is 1. The van der Waals surface area contributed by atoms with Gasteiger partial charge in [-0.1, -0.05) is 6.07 Å². The number of benzene rings is 1. The number of halogens is 1. The van der Waals surface area contributed by atoms with E-state index in [-0.39, 0.29) is 23.4 Å². The van der Waals surface area contributed by atoms with Gasteiger partial charge in [-0.2, -0.15) is 0 Å². The van der Waals surface area contributed by atoms with Crippen LogP contribution in [0.1, 0.15) is 34.3 Å². The van der Waals surface area contributed by atoms with Gasteiger partial charge in [0, 0.05) is 43.2 Å². The van der Waals surface area contributed by atoms with Crippen molar-refractivity contribution in [2.75, 3.05) is 24.5 Å². The summed E-state index contributed by atoms with van der Waals surface area (Å²) in [5, 5.41) is 3.09. The lowest BCUT2D eigenvalue weighted by atomic mass is 9.73. The molecule has 6 heteroatoms. The van der Waals surface area contributed by atoms with E-state index < -0.39 is 0 Å². The molecule has 1 N–H and O–H groups in total. The number of fused-ring (bicyclic) bond motifs is 1. The second-order valence-corrected chi connectivity index (χ2v) is 8.72. The Kier molecular flexibility index (Phi) is 4.35. The number of nitrogens with zero attached hydrogens (tertiary/aromatic N) is 2. The molecule has 1 aromatic heterocycles. The molecule has 1 amide bonds. The molecule has 0 aliphatic carbocycles. The summed E-state index contributed by atoms with van der Waals surface area (Å²) in [7, 11) is 0. The molecule has 1 aromatic carbocycles. The predicted molar refractivity (Wildman–Crippen MR) is 108 cm³/mol. The number of carbonyl (C=O) groups excluding carboxylic acids is 1. The van der Waals surface area contributed by atoms with Crippen LogP contribution in [0.2, 0.25) is 0 Å². The Morgan fingerprint density at radius 1 is 1.34 bits per heavy atom. The Bertz CT molecular complexity index is 965. The van der Waals surface area contributed by atoms with Crippen LogP contribution in [-0.2, 0) is 4.74 Å². The van der Waals surface area contributed by atoms with E-state index in [1.54, 1.807) is 13.0 Å². The molecule has 5 nitrogen and oxygen atoms in total. The molecule has 29 heavy (non-hydrogen) atoms. The second-order valence-electron chi connectivity index (χ2n) is 8.72. The monoisotopic (exact) mass is 395 g/mol. The highest BCUT2D eigenvalue weighted by atomic mass is 19.1. The van der Waals surface area contributed by atoms with Crippen molar-refractivity contribution in [2.24, 2.45) is 11.8 Å². The van der Waals surface area contributed by atoms with E-state index in [4.69, 9.17) is 4.74 Å². The standard InChI is InChI=1S/C23H26FN3O2/c1-14-4-3-9-25-21(14)27-12-19-18(20-7-8-23(19,13-27)29-20)11-26-22(28)17-6-5-16(24)10-15(17)2/h3-6,9-10,18-20H,7-8,11-13H2,1-2H3,(H,26,28)/t18-,19+,20+,23+/m0/s1. The van der Waals surface area contributed by atoms with Crippen molar-refractivity contribution in [3.05, 3.63) is 59.0 Å². The van der Waals surface area contributed by atoms with E-state index in [9.17, 15) is 9.18 Å². The van der Waals surface area contributed by atoms with Gasteiger partial charge in [-0.15, -0.1) is 0 Å². The first-order valence-electron chi connectivity index (χ1n) is 10.4. The van der Waals surface area contributed by atoms with Crippen LogP contribution in [0.5, 0.6) is 0 Å². The van der Waals surface area contributed by atoms with Gasteiger partial charge in [0.1, 0.15) is 11.6 Å². The van der Waals surface area contributed by atoms with Crippen molar-refractivity contribution in [3.63, 3.8) is 0 Å². The maximum Gasteiger partial charge on any atom is 0.251 e. The summed E-state index contributed by atoms with van der Waals surface area (Å²) >= 11 is 0. The Morgan fingerprint density at radius 2 is 2.21 bits per heavy atom. The van der Waals surface area contributed by atoms with E-state index >= 15 is 0 Å². The zero-order valence-electron chi connectivity index (χ0n) is 16.8. The molecule has 1 spiro atoms. The van der Waals surface area contributed by atoms with Crippen LogP contribution in [0, 0.1) is 31.5 Å². The van der Waals surface area contributed by atoms with Crippen molar-refractivity contribution < 1.29 is 13.9 Å². The first kappa shape index (κ1) is 18.6. The van der Waals surface area contributed by atoms with Gasteiger partial charge in [0.2, 0.25) is 0 Å². The van der Waals surface area contributed by atoms with Crippen LogP contribution in [0.25, 0.3) is 0 Å². The van der Waals surface area contributed by atoms with Crippen molar-refractivity contribution in [1.29, 1.82) is 0 Å². The number of rotatable bonds is 4. The molecule has 4 atom stereocenters. The lowest BCUT2D eigenvalue weighted by molar-refractivity contribution is 0.0141. The number of carbonyl (C=O) groups is 1. The molecule has 3 fully saturated rings. The number of hydrogen-bond donors (Lipinski definition) is 1. The quantitative estimate of drug-likeness (QED) is 0.864. The molecular weight excluding hydrogens is 369 g/mol. The highest BCUT2D eigenvalue weighted by molar-refractivity contribution is 5.95. The lowest BCUT2D eigenvalue weighted by Crippen LogP contribution is -2.42. The molecule has 3 saturated heterocycles. The van der Waals surface area contributed by atoms with Crippen LogP contribution in [-0.4, -0.2) is 42.2 Å². The highest BCUT2D eigenvalue weighted by Gasteiger charge is 2.63. The van der Waals surface area contributed by atoms with Crippen LogP contribution < -0.4 is 10.2 Å². The molecule has 4 heterocycles. The summed E-state index contributed by atoms with van der Waals surface area (Å²) in [4.78, 5) is 19.6. The largest absolute Gasteiger partial charge is 0.369 e. The highest BCUT2D eigenvalue weighted by Crippen LogP contribution is 2.55. The molecule has 2 bridgehead atoms. The van der Waals surface area contributed by atoms with Gasteiger partial charge in [0.25, 0.3) is 5.91 Å². The van der Waals surface area contributed by atoms with Crippen LogP contribution >= 0.6 is 0 Å². The predicted octanol–water partition coefficient (Wildman–Crippen LogP) is 3.25. The summed E-state index contributed by atoms with van der Waals surface area (Å²) in [6, 6.07) is 8.34. The summed E-state index contributed by atoms with van der Waals surface area (Å²) in [6.45, 7) is 6.21. The molecule has 0 unspecified atom stereocenters. The molecule has 2 aromatic rings. The molecule has 5 rings (SSSR count). The smallest absolute Gasteiger partial charge is 0.251 e. The third kappa shape index (κ3) is 3.01. The maximum atomic E-state index is 13.3. The Hall–Kier alpha value is -2.47. The van der Waals surface area contributed by atoms with Gasteiger partial charge in [-0.25, -0.2) is 9.37 Å². The van der Waals surface area contributed by atoms with E-state index in [0.29, 0.717) is 29.5 Å². The summed E-state index contributed by atoms with van der Waals surface area (Å²) in [5.74, 6) is 1.25. The van der Waals surface area contributed by atoms with E-state index in [0.717, 1.165) is 31.7 Å². The average Bonchev–Trinajstić information content (AvgIpc) is 3.35. The Morgan fingerprint density at radius 3 is 3.00 bits per heavy atom. The topological polar surface area (TPSA) is 54.5 Å². The third-order valence-electron chi connectivity index (χ3n) is 7.00. The summed E-state index contributed by atoms with van der Waals surface area (Å²) in [5.41, 5.74) is 2.24. The SMILES string of the molecule is Cc1cc(F)ccc1C(=O)NC[C@H]1[C@H]2CN(c3ncccc3C)C[C@]23CC[C@H]1O3. The van der Waals surface area contributed by atoms with E-state index in [1.807, 2.05) is 12.3 Å². The number of anilines is 1. The van der Waals surface area contributed by atoms with Crippen molar-refractivity contribution in [3.8, 4) is 0 Å². The molecule has 0 radical (unpaired) electrons. The fourth-order valence-electron chi connectivity index (χ4n) is 5.62. The number of aryl methyl sites for hydroxylation is 2. The van der Waals surface area contributed by atoms with Crippen molar-refractivity contribution >= 4 is 11.7 Å². The lowest BCUT2D eigenvalue weighted by Gasteiger charge is -2.29. The van der Waals surface area contributed by atoms with Gasteiger partial charge < -0.3 is 15.0 Å². The average molecular weight is 395 g/mol. The maximum absolute atomic E-state index is 13.3. The number of amides is 1. The zero-order valence-corrected chi connectivity index (χ0v) is 16.8. The molecule has 152 valence electrons. The van der Waals surface area contributed by atoms with E-state index in [1.165, 1.54) is 17.7 Å². The zero-order chi connectivity index (χ0) is 20.2. The van der Waals surface area contributed by atoms with E-state index in [2.05, 4.69) is 28.2 Å². The number of pyridine rings is 1. The molecule has 0 saturated carbocycles. The minimum Gasteiger partial charge on any atom is -0.369 e. The minimum absolute atomic E-state index is 0.115. The Labute approximate surface area is 170 Å². The van der Waals surface area contributed by atoms with Crippen LogP contribution in [0.3, 0.4) is 0 Å². The summed E-state index contributed by atoms with van der Waals surface area (Å²) < 4.78 is 19.8. The van der Waals surface area contributed by atoms with Crippen LogP contribution in [0.4, 0.5) is 10.2 Å². The number of aromatic nitrogens is 1. The van der Waals surface area contributed by atoms with Gasteiger partial charge in [-0.05, 0) is 62.1 Å². The fraction of sp³-hybridized carbons (Fsp3) is 0.478. The number of hydrogen-bond acceptors (Lipinski definition) is 4. The minimum atomic E-state index is -0.321. The fourth-order valence-corrected chi connectivity index (χ4v) is 5.62. The molecule has 3 aliphatic rings. The normalized spacial score (nSPS) is 29.9. The first-order valence-corrected chi connectivity index (χ1v) is 10.4. The van der Waals surface area contributed by atoms with Crippen LogP contribution in [0.15, 0.2) is 36.5 Å². The van der Waals surface area contributed by atoms with Crippen molar-refractivity contribution in [2.45, 2.75) is 38.4 Å².